The zero-order valence-corrected chi connectivity index (χ0v) is 12.6. The molecule has 22 heavy (non-hydrogen) atoms. The summed E-state index contributed by atoms with van der Waals surface area (Å²) in [6.07, 6.45) is 0. The average molecular weight is 308 g/mol. The summed E-state index contributed by atoms with van der Waals surface area (Å²) in [4.78, 5) is 27.1. The van der Waals surface area contributed by atoms with E-state index in [-0.39, 0.29) is 30.2 Å². The predicted octanol–water partition coefficient (Wildman–Crippen LogP) is 0.256. The number of amides is 2. The van der Waals surface area contributed by atoms with Crippen LogP contribution in [0.3, 0.4) is 0 Å². The minimum absolute atomic E-state index is 0.136. The molecule has 7 heteroatoms. The Morgan fingerprint density at radius 3 is 2.36 bits per heavy atom. The lowest BCUT2D eigenvalue weighted by Crippen LogP contribution is -2.54. The first-order valence-electron chi connectivity index (χ1n) is 7.27. The van der Waals surface area contributed by atoms with Gasteiger partial charge in [0.25, 0.3) is 0 Å². The molecule has 0 spiro atoms. The maximum absolute atomic E-state index is 12.8. The first-order chi connectivity index (χ1) is 10.5. The maximum Gasteiger partial charge on any atom is 0.238 e. The van der Waals surface area contributed by atoms with E-state index in [2.05, 4.69) is 5.32 Å². The van der Waals surface area contributed by atoms with Gasteiger partial charge in [-0.15, -0.1) is 0 Å². The Kier molecular flexibility index (Phi) is 5.46. The highest BCUT2D eigenvalue weighted by molar-refractivity contribution is 5.92. The van der Waals surface area contributed by atoms with Crippen molar-refractivity contribution in [2.24, 2.45) is 5.73 Å². The van der Waals surface area contributed by atoms with Gasteiger partial charge in [0.15, 0.2) is 0 Å². The number of piperazine rings is 1. The molecule has 0 radical (unpaired) electrons. The van der Waals surface area contributed by atoms with Crippen molar-refractivity contribution in [1.29, 1.82) is 0 Å². The summed E-state index contributed by atoms with van der Waals surface area (Å²) < 4.78 is 12.8. The molecule has 6 nitrogen and oxygen atoms in total. The van der Waals surface area contributed by atoms with Gasteiger partial charge in [-0.3, -0.25) is 19.4 Å². The van der Waals surface area contributed by atoms with E-state index in [1.807, 2.05) is 9.80 Å². The molecule has 0 saturated carbocycles. The van der Waals surface area contributed by atoms with E-state index < -0.39 is 0 Å². The number of hydrogen-bond donors (Lipinski definition) is 2. The average Bonchev–Trinajstić information content (AvgIpc) is 2.49. The summed E-state index contributed by atoms with van der Waals surface area (Å²) in [5.41, 5.74) is 5.87. The van der Waals surface area contributed by atoms with Gasteiger partial charge in [0, 0.05) is 31.9 Å². The highest BCUT2D eigenvalue weighted by Gasteiger charge is 2.24. The van der Waals surface area contributed by atoms with E-state index in [1.165, 1.54) is 24.3 Å². The largest absolute Gasteiger partial charge is 0.368 e. The summed E-state index contributed by atoms with van der Waals surface area (Å²) >= 11 is 0. The second-order valence-corrected chi connectivity index (χ2v) is 5.45. The Morgan fingerprint density at radius 1 is 1.23 bits per heavy atom. The molecule has 1 saturated heterocycles. The molecule has 120 valence electrons. The van der Waals surface area contributed by atoms with Crippen LogP contribution in [-0.4, -0.2) is 60.4 Å². The lowest BCUT2D eigenvalue weighted by atomic mass is 10.2. The summed E-state index contributed by atoms with van der Waals surface area (Å²) in [7, 11) is 0. The monoisotopic (exact) mass is 308 g/mol. The number of nitrogens with zero attached hydrogens (tertiary/aromatic N) is 2. The molecule has 1 aromatic carbocycles. The van der Waals surface area contributed by atoms with Gasteiger partial charge in [-0.1, -0.05) is 0 Å². The molecular formula is C15H21FN4O2. The Bertz CT molecular complexity index is 527. The molecule has 1 fully saturated rings. The first-order valence-corrected chi connectivity index (χ1v) is 7.27. The highest BCUT2D eigenvalue weighted by Crippen LogP contribution is 2.09. The summed E-state index contributed by atoms with van der Waals surface area (Å²) in [5, 5.41) is 2.73. The predicted molar refractivity (Wildman–Crippen MR) is 81.7 cm³/mol. The van der Waals surface area contributed by atoms with E-state index >= 15 is 0 Å². The molecule has 0 bridgehead atoms. The number of nitrogens with two attached hydrogens (primary N) is 1. The number of carbonyl (C=O) groups is 2. The fourth-order valence-corrected chi connectivity index (χ4v) is 2.43. The van der Waals surface area contributed by atoms with Crippen LogP contribution in [0.1, 0.15) is 6.92 Å². The van der Waals surface area contributed by atoms with Gasteiger partial charge in [-0.2, -0.15) is 0 Å². The molecule has 2 rings (SSSR count). The fourth-order valence-electron chi connectivity index (χ4n) is 2.43. The van der Waals surface area contributed by atoms with Gasteiger partial charge >= 0.3 is 0 Å². The fraction of sp³-hybridized carbons (Fsp3) is 0.467. The van der Waals surface area contributed by atoms with Crippen LogP contribution in [0.4, 0.5) is 10.1 Å². The summed E-state index contributed by atoms with van der Waals surface area (Å²) in [6, 6.07) is 5.38. The van der Waals surface area contributed by atoms with Crippen molar-refractivity contribution < 1.29 is 14.0 Å². The Morgan fingerprint density at radius 2 is 1.82 bits per heavy atom. The molecule has 1 aliphatic heterocycles. The van der Waals surface area contributed by atoms with Crippen LogP contribution in [0.25, 0.3) is 0 Å². The van der Waals surface area contributed by atoms with Crippen molar-refractivity contribution in [3.05, 3.63) is 30.1 Å². The number of carbonyl (C=O) groups excluding carboxylic acids is 2. The minimum atomic E-state index is -0.335. The molecule has 2 amide bonds. The second-order valence-electron chi connectivity index (χ2n) is 5.45. The van der Waals surface area contributed by atoms with Gasteiger partial charge in [-0.05, 0) is 31.2 Å². The second kappa shape index (κ2) is 7.33. The zero-order chi connectivity index (χ0) is 16.1. The Hall–Kier alpha value is -1.99. The number of nitrogens with one attached hydrogen (secondary N) is 1. The smallest absolute Gasteiger partial charge is 0.238 e. The standard InChI is InChI=1S/C15H21FN4O2/c1-11(15(17)22)20-8-6-19(7-9-20)10-14(21)18-13-4-2-12(16)3-5-13/h2-5,11H,6-10H2,1H3,(H2,17,22)(H,18,21)/t11-/m1/s1. The van der Waals surface area contributed by atoms with Crippen LogP contribution in [0.5, 0.6) is 0 Å². The topological polar surface area (TPSA) is 78.7 Å². The van der Waals surface area contributed by atoms with Crippen LogP contribution in [0.15, 0.2) is 24.3 Å². The number of rotatable bonds is 5. The SMILES string of the molecule is C[C@H](C(N)=O)N1CCN(CC(=O)Nc2ccc(F)cc2)CC1. The van der Waals surface area contributed by atoms with Crippen molar-refractivity contribution in [3.63, 3.8) is 0 Å². The number of primary amides is 1. The highest BCUT2D eigenvalue weighted by atomic mass is 19.1. The molecule has 0 unspecified atom stereocenters. The third-order valence-electron chi connectivity index (χ3n) is 3.86. The van der Waals surface area contributed by atoms with E-state index in [0.29, 0.717) is 31.9 Å². The summed E-state index contributed by atoms with van der Waals surface area (Å²) in [5.74, 6) is -0.803. The van der Waals surface area contributed by atoms with Crippen LogP contribution >= 0.6 is 0 Å². The van der Waals surface area contributed by atoms with Gasteiger partial charge in [0.2, 0.25) is 11.8 Å². The normalized spacial score (nSPS) is 17.9. The first kappa shape index (κ1) is 16.4. The molecule has 1 aliphatic rings. The quantitative estimate of drug-likeness (QED) is 0.817. The van der Waals surface area contributed by atoms with Crippen molar-refractivity contribution in [1.82, 2.24) is 9.80 Å². The van der Waals surface area contributed by atoms with Crippen LogP contribution in [-0.2, 0) is 9.59 Å². The van der Waals surface area contributed by atoms with Gasteiger partial charge in [0.1, 0.15) is 5.82 Å². The van der Waals surface area contributed by atoms with Crippen molar-refractivity contribution >= 4 is 17.5 Å². The van der Waals surface area contributed by atoms with Crippen LogP contribution < -0.4 is 11.1 Å². The van der Waals surface area contributed by atoms with Crippen molar-refractivity contribution in [2.45, 2.75) is 13.0 Å². The van der Waals surface area contributed by atoms with Crippen molar-refractivity contribution in [2.75, 3.05) is 38.0 Å². The maximum atomic E-state index is 12.8. The van der Waals surface area contributed by atoms with E-state index in [9.17, 15) is 14.0 Å². The van der Waals surface area contributed by atoms with E-state index in [0.717, 1.165) is 0 Å². The third kappa shape index (κ3) is 4.51. The zero-order valence-electron chi connectivity index (χ0n) is 12.6. The Balaban J connectivity index is 1.77. The number of anilines is 1. The minimum Gasteiger partial charge on any atom is -0.368 e. The molecule has 1 aromatic rings. The summed E-state index contributed by atoms with van der Waals surface area (Å²) in [6.45, 7) is 4.88. The van der Waals surface area contributed by atoms with E-state index in [4.69, 9.17) is 5.73 Å². The molecule has 0 aromatic heterocycles. The van der Waals surface area contributed by atoms with E-state index in [1.54, 1.807) is 6.92 Å². The van der Waals surface area contributed by atoms with Gasteiger partial charge < -0.3 is 11.1 Å². The molecule has 1 heterocycles. The van der Waals surface area contributed by atoms with Crippen LogP contribution in [0, 0.1) is 5.82 Å². The van der Waals surface area contributed by atoms with Crippen LogP contribution in [0.2, 0.25) is 0 Å². The van der Waals surface area contributed by atoms with Crippen molar-refractivity contribution in [3.8, 4) is 0 Å². The number of benzene rings is 1. The van der Waals surface area contributed by atoms with Gasteiger partial charge in [0.05, 0.1) is 12.6 Å². The molecular weight excluding hydrogens is 287 g/mol. The number of hydrogen-bond acceptors (Lipinski definition) is 4. The van der Waals surface area contributed by atoms with Gasteiger partial charge in [-0.25, -0.2) is 4.39 Å². The number of halogens is 1. The Labute approximate surface area is 129 Å². The molecule has 0 aliphatic carbocycles. The molecule has 1 atom stereocenters. The lowest BCUT2D eigenvalue weighted by Gasteiger charge is -2.36. The lowest BCUT2D eigenvalue weighted by molar-refractivity contribution is -0.124. The molecule has 3 N–H and O–H groups in total. The third-order valence-corrected chi connectivity index (χ3v) is 3.86.